The Morgan fingerprint density at radius 2 is 1.91 bits per heavy atom. The summed E-state index contributed by atoms with van der Waals surface area (Å²) < 4.78 is 0. The molecule has 0 bridgehead atoms. The number of nitrogens with one attached hydrogen (secondary N) is 1. The van der Waals surface area contributed by atoms with Crippen LogP contribution in [0.1, 0.15) is 22.0 Å². The monoisotopic (exact) mass is 314 g/mol. The maximum absolute atomic E-state index is 12.7. The van der Waals surface area contributed by atoms with E-state index in [2.05, 4.69) is 5.32 Å². The van der Waals surface area contributed by atoms with Gasteiger partial charge in [0.25, 0.3) is 5.91 Å². The van der Waals surface area contributed by atoms with E-state index in [4.69, 9.17) is 11.6 Å². The molecule has 0 aromatic heterocycles. The van der Waals surface area contributed by atoms with Crippen molar-refractivity contribution in [2.45, 2.75) is 6.04 Å². The van der Waals surface area contributed by atoms with Crippen LogP contribution in [-0.2, 0) is 4.79 Å². The Morgan fingerprint density at radius 3 is 2.64 bits per heavy atom. The first kappa shape index (κ1) is 14.6. The number of benzene rings is 2. The van der Waals surface area contributed by atoms with Gasteiger partial charge in [0.05, 0.1) is 0 Å². The SMILES string of the molecule is O=C1NCCN(C(=O)c2ccccc2)C1c1cccc(Cl)c1. The molecule has 4 nitrogen and oxygen atoms in total. The van der Waals surface area contributed by atoms with Gasteiger partial charge in [0.2, 0.25) is 5.91 Å². The van der Waals surface area contributed by atoms with Gasteiger partial charge in [-0.3, -0.25) is 9.59 Å². The summed E-state index contributed by atoms with van der Waals surface area (Å²) in [6.07, 6.45) is 0. The smallest absolute Gasteiger partial charge is 0.254 e. The van der Waals surface area contributed by atoms with Gasteiger partial charge in [0.1, 0.15) is 6.04 Å². The van der Waals surface area contributed by atoms with E-state index in [1.165, 1.54) is 0 Å². The predicted octanol–water partition coefficient (Wildman–Crippen LogP) is 2.65. The van der Waals surface area contributed by atoms with Crippen LogP contribution in [0.2, 0.25) is 5.02 Å². The summed E-state index contributed by atoms with van der Waals surface area (Å²) >= 11 is 6.02. The van der Waals surface area contributed by atoms with Crippen molar-refractivity contribution >= 4 is 23.4 Å². The van der Waals surface area contributed by atoms with E-state index in [-0.39, 0.29) is 11.8 Å². The van der Waals surface area contributed by atoms with Crippen molar-refractivity contribution in [3.8, 4) is 0 Å². The van der Waals surface area contributed by atoms with Gasteiger partial charge in [0, 0.05) is 23.7 Å². The number of carbonyl (C=O) groups excluding carboxylic acids is 2. The van der Waals surface area contributed by atoms with Crippen LogP contribution in [0.4, 0.5) is 0 Å². The zero-order valence-electron chi connectivity index (χ0n) is 11.8. The number of hydrogen-bond acceptors (Lipinski definition) is 2. The Labute approximate surface area is 133 Å². The molecule has 5 heteroatoms. The number of nitrogens with zero attached hydrogens (tertiary/aromatic N) is 1. The topological polar surface area (TPSA) is 49.4 Å². The molecular formula is C17H15ClN2O2. The fourth-order valence-electron chi connectivity index (χ4n) is 2.64. The van der Waals surface area contributed by atoms with Crippen molar-refractivity contribution in [1.29, 1.82) is 0 Å². The molecule has 3 rings (SSSR count). The summed E-state index contributed by atoms with van der Waals surface area (Å²) in [4.78, 5) is 26.6. The van der Waals surface area contributed by atoms with Crippen molar-refractivity contribution in [3.63, 3.8) is 0 Å². The lowest BCUT2D eigenvalue weighted by Crippen LogP contribution is -2.52. The Hall–Kier alpha value is -2.33. The minimum Gasteiger partial charge on any atom is -0.352 e. The number of piperazine rings is 1. The number of hydrogen-bond donors (Lipinski definition) is 1. The molecule has 1 unspecified atom stereocenters. The molecule has 2 aromatic carbocycles. The van der Waals surface area contributed by atoms with E-state index in [9.17, 15) is 9.59 Å². The highest BCUT2D eigenvalue weighted by Gasteiger charge is 2.34. The summed E-state index contributed by atoms with van der Waals surface area (Å²) in [5, 5.41) is 3.35. The lowest BCUT2D eigenvalue weighted by Gasteiger charge is -2.35. The van der Waals surface area contributed by atoms with Crippen molar-refractivity contribution in [2.75, 3.05) is 13.1 Å². The highest BCUT2D eigenvalue weighted by molar-refractivity contribution is 6.30. The van der Waals surface area contributed by atoms with Gasteiger partial charge in [-0.1, -0.05) is 41.9 Å². The van der Waals surface area contributed by atoms with Gasteiger partial charge in [-0.2, -0.15) is 0 Å². The first-order valence-corrected chi connectivity index (χ1v) is 7.44. The Balaban J connectivity index is 1.97. The van der Waals surface area contributed by atoms with Crippen LogP contribution in [0.5, 0.6) is 0 Å². The van der Waals surface area contributed by atoms with E-state index in [1.807, 2.05) is 24.3 Å². The maximum atomic E-state index is 12.7. The van der Waals surface area contributed by atoms with E-state index >= 15 is 0 Å². The second kappa shape index (κ2) is 6.20. The zero-order valence-corrected chi connectivity index (χ0v) is 12.6. The summed E-state index contributed by atoms with van der Waals surface area (Å²) in [6, 6.07) is 15.4. The van der Waals surface area contributed by atoms with Crippen LogP contribution in [-0.4, -0.2) is 29.8 Å². The van der Waals surface area contributed by atoms with Crippen LogP contribution >= 0.6 is 11.6 Å². The fourth-order valence-corrected chi connectivity index (χ4v) is 2.84. The molecule has 1 N–H and O–H groups in total. The van der Waals surface area contributed by atoms with Gasteiger partial charge < -0.3 is 10.2 Å². The molecular weight excluding hydrogens is 300 g/mol. The molecule has 2 aromatic rings. The van der Waals surface area contributed by atoms with Crippen molar-refractivity contribution in [1.82, 2.24) is 10.2 Å². The molecule has 112 valence electrons. The van der Waals surface area contributed by atoms with Gasteiger partial charge in [-0.25, -0.2) is 0 Å². The minimum atomic E-state index is -0.653. The zero-order chi connectivity index (χ0) is 15.5. The second-order valence-electron chi connectivity index (χ2n) is 5.11. The molecule has 1 atom stereocenters. The van der Waals surface area contributed by atoms with Crippen molar-refractivity contribution < 1.29 is 9.59 Å². The highest BCUT2D eigenvalue weighted by Crippen LogP contribution is 2.27. The molecule has 22 heavy (non-hydrogen) atoms. The van der Waals surface area contributed by atoms with Crippen LogP contribution in [0.15, 0.2) is 54.6 Å². The highest BCUT2D eigenvalue weighted by atomic mass is 35.5. The average Bonchev–Trinajstić information content (AvgIpc) is 2.54. The van der Waals surface area contributed by atoms with Crippen molar-refractivity contribution in [2.24, 2.45) is 0 Å². The molecule has 2 amide bonds. The third kappa shape index (κ3) is 2.83. The number of carbonyl (C=O) groups is 2. The van der Waals surface area contributed by atoms with Gasteiger partial charge in [-0.15, -0.1) is 0 Å². The minimum absolute atomic E-state index is 0.152. The maximum Gasteiger partial charge on any atom is 0.254 e. The lowest BCUT2D eigenvalue weighted by molar-refractivity contribution is -0.128. The fraction of sp³-hybridized carbons (Fsp3) is 0.176. The van der Waals surface area contributed by atoms with Crippen LogP contribution in [0, 0.1) is 0 Å². The molecule has 0 saturated carbocycles. The lowest BCUT2D eigenvalue weighted by atomic mass is 10.0. The summed E-state index contributed by atoms with van der Waals surface area (Å²) in [5.74, 6) is -0.335. The normalized spacial score (nSPS) is 18.0. The predicted molar refractivity (Wildman–Crippen MR) is 84.7 cm³/mol. The quantitative estimate of drug-likeness (QED) is 0.926. The number of rotatable bonds is 2. The second-order valence-corrected chi connectivity index (χ2v) is 5.55. The van der Waals surface area contributed by atoms with Gasteiger partial charge >= 0.3 is 0 Å². The Morgan fingerprint density at radius 1 is 1.14 bits per heavy atom. The molecule has 0 radical (unpaired) electrons. The summed E-state index contributed by atoms with van der Waals surface area (Å²) in [7, 11) is 0. The standard InChI is InChI=1S/C17H15ClN2O2/c18-14-8-4-7-13(11-14)15-16(21)19-9-10-20(15)17(22)12-5-2-1-3-6-12/h1-8,11,15H,9-10H2,(H,19,21). The largest absolute Gasteiger partial charge is 0.352 e. The first-order chi connectivity index (χ1) is 10.7. The van der Waals surface area contributed by atoms with Crippen molar-refractivity contribution in [3.05, 3.63) is 70.7 Å². The molecule has 1 fully saturated rings. The van der Waals surface area contributed by atoms with E-state index in [0.29, 0.717) is 29.2 Å². The van der Waals surface area contributed by atoms with Gasteiger partial charge in [-0.05, 0) is 29.8 Å². The van der Waals surface area contributed by atoms with Gasteiger partial charge in [0.15, 0.2) is 0 Å². The van der Waals surface area contributed by atoms with E-state index < -0.39 is 6.04 Å². The number of amides is 2. The van der Waals surface area contributed by atoms with Crippen LogP contribution in [0.3, 0.4) is 0 Å². The average molecular weight is 315 g/mol. The van der Waals surface area contributed by atoms with Crippen LogP contribution in [0.25, 0.3) is 0 Å². The molecule has 1 saturated heterocycles. The molecule has 1 aliphatic heterocycles. The number of halogens is 1. The first-order valence-electron chi connectivity index (χ1n) is 7.06. The molecule has 1 aliphatic rings. The molecule has 0 spiro atoms. The molecule has 1 heterocycles. The Bertz CT molecular complexity index is 703. The Kier molecular flexibility index (Phi) is 4.11. The van der Waals surface area contributed by atoms with E-state index in [1.54, 1.807) is 35.2 Å². The summed E-state index contributed by atoms with van der Waals surface area (Å²) in [6.45, 7) is 0.922. The third-order valence-electron chi connectivity index (χ3n) is 3.66. The molecule has 0 aliphatic carbocycles. The van der Waals surface area contributed by atoms with Crippen LogP contribution < -0.4 is 5.32 Å². The third-order valence-corrected chi connectivity index (χ3v) is 3.89. The summed E-state index contributed by atoms with van der Waals surface area (Å²) in [5.41, 5.74) is 1.29. The van der Waals surface area contributed by atoms with E-state index in [0.717, 1.165) is 0 Å².